The van der Waals surface area contributed by atoms with Gasteiger partial charge < -0.3 is 13.3 Å². The maximum absolute atomic E-state index is 10.9. The van der Waals surface area contributed by atoms with Gasteiger partial charge in [0.25, 0.3) is 0 Å². The zero-order chi connectivity index (χ0) is 17.1. The lowest BCUT2D eigenvalue weighted by molar-refractivity contribution is -0.132. The summed E-state index contributed by atoms with van der Waals surface area (Å²) in [5.41, 5.74) is 0.636. The number of hydrogen-bond donors (Lipinski definition) is 1. The van der Waals surface area contributed by atoms with Crippen molar-refractivity contribution in [1.82, 2.24) is 0 Å². The van der Waals surface area contributed by atoms with Crippen molar-refractivity contribution in [2.75, 3.05) is 0 Å². The highest BCUT2D eigenvalue weighted by molar-refractivity contribution is 6.69. The number of hydrogen-bond acceptors (Lipinski definition) is 3. The second-order valence-corrected chi connectivity index (χ2v) is 15.7. The third-order valence-corrected chi connectivity index (χ3v) is 14.3. The zero-order valence-corrected chi connectivity index (χ0v) is 18.4. The third kappa shape index (κ3) is 8.42. The SMILES string of the molecule is C=C(CCC(C)[SiH](O[SiH](CC)CC)O[SiH](CC)CC)C(=O)O. The Labute approximate surface area is 141 Å². The fraction of sp³-hybridized carbons (Fsp3) is 0.800. The van der Waals surface area contributed by atoms with Gasteiger partial charge in [-0.1, -0.05) is 41.2 Å². The minimum absolute atomic E-state index is 0.291. The van der Waals surface area contributed by atoms with E-state index in [-0.39, 0.29) is 0 Å². The van der Waals surface area contributed by atoms with Crippen molar-refractivity contribution < 1.29 is 18.1 Å². The van der Waals surface area contributed by atoms with Crippen LogP contribution in [0.4, 0.5) is 0 Å². The maximum atomic E-state index is 10.9. The van der Waals surface area contributed by atoms with Crippen molar-refractivity contribution >= 4 is 33.3 Å². The predicted molar refractivity (Wildman–Crippen MR) is 101 cm³/mol. The van der Waals surface area contributed by atoms with Gasteiger partial charge in [0.1, 0.15) is 0 Å². The Kier molecular flexibility index (Phi) is 12.1. The molecule has 0 aromatic carbocycles. The summed E-state index contributed by atoms with van der Waals surface area (Å²) in [7, 11) is -3.99. The highest BCUT2D eigenvalue weighted by atomic mass is 28.4. The van der Waals surface area contributed by atoms with Crippen LogP contribution in [0.3, 0.4) is 0 Å². The Morgan fingerprint density at radius 2 is 1.45 bits per heavy atom. The first-order valence-corrected chi connectivity index (χ1v) is 14.4. The molecule has 0 aliphatic rings. The molecule has 1 atom stereocenters. The van der Waals surface area contributed by atoms with Crippen molar-refractivity contribution in [3.63, 3.8) is 0 Å². The third-order valence-electron chi connectivity index (χ3n) is 4.14. The van der Waals surface area contributed by atoms with Gasteiger partial charge in [-0.3, -0.25) is 0 Å². The number of carbonyl (C=O) groups is 1. The number of carboxylic acids is 1. The monoisotopic (exact) mass is 362 g/mol. The first-order valence-electron chi connectivity index (χ1n) is 8.61. The second-order valence-electron chi connectivity index (χ2n) is 5.94. The molecule has 0 aromatic heterocycles. The topological polar surface area (TPSA) is 55.8 Å². The van der Waals surface area contributed by atoms with Crippen molar-refractivity contribution in [3.05, 3.63) is 12.2 Å². The molecule has 0 aromatic rings. The molecule has 0 fully saturated rings. The lowest BCUT2D eigenvalue weighted by Gasteiger charge is -2.30. The minimum Gasteiger partial charge on any atom is -0.478 e. The Morgan fingerprint density at radius 1 is 1.05 bits per heavy atom. The van der Waals surface area contributed by atoms with Crippen LogP contribution < -0.4 is 0 Å². The second kappa shape index (κ2) is 12.2. The van der Waals surface area contributed by atoms with Gasteiger partial charge in [-0.25, -0.2) is 4.79 Å². The average molecular weight is 363 g/mol. The van der Waals surface area contributed by atoms with Gasteiger partial charge in [-0.15, -0.1) is 0 Å². The maximum Gasteiger partial charge on any atom is 0.330 e. The molecule has 0 spiro atoms. The first kappa shape index (κ1) is 21.8. The summed E-state index contributed by atoms with van der Waals surface area (Å²) in [5, 5.41) is 8.94. The molecule has 130 valence electrons. The fourth-order valence-electron chi connectivity index (χ4n) is 2.29. The lowest BCUT2D eigenvalue weighted by atomic mass is 10.1. The zero-order valence-electron chi connectivity index (χ0n) is 14.9. The standard InChI is InChI=1S/C15H34O4Si3/c1-7-20(8-2)18-22(19-21(9-3)10-4)14(6)12-11-13(5)15(16)17/h14,20-22H,5,7-12H2,1-4,6H3,(H,16,17). The normalized spacial score (nSPS) is 13.1. The van der Waals surface area contributed by atoms with Gasteiger partial charge in [0.05, 0.1) is 0 Å². The van der Waals surface area contributed by atoms with Gasteiger partial charge in [-0.2, -0.15) is 0 Å². The molecule has 22 heavy (non-hydrogen) atoms. The summed E-state index contributed by atoms with van der Waals surface area (Å²) in [4.78, 5) is 10.9. The van der Waals surface area contributed by atoms with Crippen LogP contribution in [0.5, 0.6) is 0 Å². The molecule has 0 heterocycles. The molecular formula is C15H34O4Si3. The molecule has 1 unspecified atom stereocenters. The summed E-state index contributed by atoms with van der Waals surface area (Å²) in [6, 6.07) is 4.57. The van der Waals surface area contributed by atoms with Gasteiger partial charge in [-0.05, 0) is 42.6 Å². The largest absolute Gasteiger partial charge is 0.478 e. The molecular weight excluding hydrogens is 328 g/mol. The van der Waals surface area contributed by atoms with E-state index in [1.54, 1.807) is 0 Å². The molecule has 0 saturated carbocycles. The molecule has 0 amide bonds. The summed E-state index contributed by atoms with van der Waals surface area (Å²) < 4.78 is 12.9. The Hall–Kier alpha value is -0.219. The molecule has 7 heteroatoms. The molecule has 0 bridgehead atoms. The summed E-state index contributed by atoms with van der Waals surface area (Å²) in [6.45, 7) is 14.6. The minimum atomic E-state index is -1.72. The van der Waals surface area contributed by atoms with Crippen molar-refractivity contribution in [2.24, 2.45) is 0 Å². The van der Waals surface area contributed by atoms with Gasteiger partial charge in [0.2, 0.25) is 0 Å². The number of carboxylic acid groups (broad SMARTS) is 1. The lowest BCUT2D eigenvalue weighted by Crippen LogP contribution is -2.39. The quantitative estimate of drug-likeness (QED) is 0.402. The van der Waals surface area contributed by atoms with Crippen molar-refractivity contribution in [1.29, 1.82) is 0 Å². The Balaban J connectivity index is 4.72. The summed E-state index contributed by atoms with van der Waals surface area (Å²) in [5.74, 6) is -0.893. The van der Waals surface area contributed by atoms with E-state index in [0.717, 1.165) is 30.6 Å². The number of rotatable bonds is 13. The van der Waals surface area contributed by atoms with Crippen LogP contribution >= 0.6 is 0 Å². The van der Waals surface area contributed by atoms with Crippen LogP contribution in [-0.4, -0.2) is 38.4 Å². The molecule has 0 aliphatic heterocycles. The highest BCUT2D eigenvalue weighted by Crippen LogP contribution is 2.24. The van der Waals surface area contributed by atoms with E-state index in [2.05, 4.69) is 41.2 Å². The Morgan fingerprint density at radius 3 is 1.77 bits per heavy atom. The van der Waals surface area contributed by atoms with Crippen molar-refractivity contribution in [3.8, 4) is 0 Å². The van der Waals surface area contributed by atoms with E-state index in [4.69, 9.17) is 13.3 Å². The van der Waals surface area contributed by atoms with Gasteiger partial charge >= 0.3 is 15.3 Å². The van der Waals surface area contributed by atoms with Gasteiger partial charge in [0.15, 0.2) is 18.1 Å². The number of aliphatic carboxylic acids is 1. The van der Waals surface area contributed by atoms with E-state index >= 15 is 0 Å². The van der Waals surface area contributed by atoms with E-state index < -0.39 is 33.3 Å². The first-order chi connectivity index (χ1) is 10.4. The van der Waals surface area contributed by atoms with Gasteiger partial charge in [0, 0.05) is 5.57 Å². The van der Waals surface area contributed by atoms with E-state index in [9.17, 15) is 4.79 Å². The van der Waals surface area contributed by atoms with Crippen LogP contribution in [0.2, 0.25) is 29.7 Å². The molecule has 0 aliphatic carbocycles. The molecule has 4 nitrogen and oxygen atoms in total. The fourth-order valence-corrected chi connectivity index (χ4v) is 13.0. The molecule has 0 rings (SSSR count). The van der Waals surface area contributed by atoms with Crippen molar-refractivity contribution in [2.45, 2.75) is 77.2 Å². The summed E-state index contributed by atoms with van der Waals surface area (Å²) in [6.07, 6.45) is 1.34. The van der Waals surface area contributed by atoms with E-state index in [1.807, 2.05) is 0 Å². The predicted octanol–water partition coefficient (Wildman–Crippen LogP) is 3.58. The van der Waals surface area contributed by atoms with Crippen LogP contribution in [0.15, 0.2) is 12.2 Å². The molecule has 0 radical (unpaired) electrons. The van der Waals surface area contributed by atoms with E-state index in [0.29, 0.717) is 17.5 Å². The average Bonchev–Trinajstić information content (AvgIpc) is 2.52. The highest BCUT2D eigenvalue weighted by Gasteiger charge is 2.28. The summed E-state index contributed by atoms with van der Waals surface area (Å²) >= 11 is 0. The van der Waals surface area contributed by atoms with Crippen LogP contribution in [0, 0.1) is 0 Å². The van der Waals surface area contributed by atoms with Crippen LogP contribution in [0.1, 0.15) is 47.5 Å². The molecule has 0 saturated heterocycles. The van der Waals surface area contributed by atoms with Crippen LogP contribution in [-0.2, 0) is 13.0 Å². The molecule has 1 N–H and O–H groups in total. The van der Waals surface area contributed by atoms with E-state index in [1.165, 1.54) is 0 Å². The Bertz CT molecular complexity index is 317. The smallest absolute Gasteiger partial charge is 0.330 e. The van der Waals surface area contributed by atoms with Crippen LogP contribution in [0.25, 0.3) is 0 Å².